The number of aromatic nitrogens is 4. The third-order valence-electron chi connectivity index (χ3n) is 6.36. The summed E-state index contributed by atoms with van der Waals surface area (Å²) in [5.74, 6) is 1.35. The minimum Gasteiger partial charge on any atom is -0.342 e. The SMILES string of the molecule is O=C1NC2OC2/C(=C/c2ccnc(N3CCC(CNCc4ccc5cccnc5n4)CC3)n2)S1. The standard InChI is InChI=1S/C24H25N7O2S/c32-24-30-22-20(33-22)19(34-24)12-17-5-9-27-23(29-17)31-10-6-15(7-11-31)13-25-14-18-4-3-16-2-1-8-26-21(16)28-18/h1-5,8-9,12,15,20,22,25H,6-7,10-11,13-14H2,(H,30,32)/b19-12-. The number of nitrogens with one attached hydrogen (secondary N) is 2. The van der Waals surface area contributed by atoms with Crippen LogP contribution in [0, 0.1) is 5.92 Å². The minimum atomic E-state index is -0.178. The number of piperidine rings is 1. The molecule has 3 aromatic heterocycles. The lowest BCUT2D eigenvalue weighted by atomic mass is 9.97. The molecule has 2 unspecified atom stereocenters. The van der Waals surface area contributed by atoms with E-state index in [9.17, 15) is 4.79 Å². The number of epoxide rings is 1. The maximum atomic E-state index is 11.7. The van der Waals surface area contributed by atoms with Gasteiger partial charge in [-0.1, -0.05) is 0 Å². The van der Waals surface area contributed by atoms with Gasteiger partial charge < -0.3 is 20.3 Å². The van der Waals surface area contributed by atoms with E-state index in [0.717, 1.165) is 72.3 Å². The number of carbonyl (C=O) groups is 1. The van der Waals surface area contributed by atoms with Gasteiger partial charge in [0.1, 0.15) is 6.10 Å². The number of hydrogen-bond donors (Lipinski definition) is 2. The molecule has 3 fully saturated rings. The molecule has 174 valence electrons. The molecule has 9 nitrogen and oxygen atoms in total. The molecule has 0 saturated carbocycles. The number of nitrogens with zero attached hydrogens (tertiary/aromatic N) is 5. The Bertz CT molecular complexity index is 1240. The third-order valence-corrected chi connectivity index (χ3v) is 7.24. The lowest BCUT2D eigenvalue weighted by Crippen LogP contribution is -2.38. The number of amides is 1. The van der Waals surface area contributed by atoms with E-state index in [-0.39, 0.29) is 17.6 Å². The van der Waals surface area contributed by atoms with Gasteiger partial charge >= 0.3 is 0 Å². The molecule has 6 heterocycles. The summed E-state index contributed by atoms with van der Waals surface area (Å²) >= 11 is 1.18. The molecule has 10 heteroatoms. The van der Waals surface area contributed by atoms with E-state index in [0.29, 0.717) is 5.92 Å². The topological polar surface area (TPSA) is 108 Å². The number of fused-ring (bicyclic) bond motifs is 2. The summed E-state index contributed by atoms with van der Waals surface area (Å²) in [6, 6.07) is 9.97. The van der Waals surface area contributed by atoms with Crippen LogP contribution in [0.2, 0.25) is 0 Å². The van der Waals surface area contributed by atoms with E-state index in [1.165, 1.54) is 11.8 Å². The second-order valence-electron chi connectivity index (χ2n) is 8.75. The van der Waals surface area contributed by atoms with Gasteiger partial charge in [0.2, 0.25) is 5.95 Å². The van der Waals surface area contributed by atoms with Gasteiger partial charge in [-0.25, -0.2) is 19.9 Å². The van der Waals surface area contributed by atoms with E-state index < -0.39 is 0 Å². The van der Waals surface area contributed by atoms with Gasteiger partial charge in [-0.05, 0) is 73.5 Å². The average molecular weight is 476 g/mol. The van der Waals surface area contributed by atoms with Gasteiger partial charge in [-0.2, -0.15) is 0 Å². The number of ether oxygens (including phenoxy) is 1. The number of rotatable bonds is 6. The van der Waals surface area contributed by atoms with Crippen molar-refractivity contribution in [2.45, 2.75) is 31.7 Å². The summed E-state index contributed by atoms with van der Waals surface area (Å²) in [7, 11) is 0. The third kappa shape index (κ3) is 4.75. The van der Waals surface area contributed by atoms with Crippen LogP contribution in [0.4, 0.5) is 10.7 Å². The quantitative estimate of drug-likeness (QED) is 0.520. The maximum Gasteiger partial charge on any atom is 0.285 e. The van der Waals surface area contributed by atoms with Gasteiger partial charge in [0.25, 0.3) is 5.24 Å². The zero-order valence-corrected chi connectivity index (χ0v) is 19.4. The van der Waals surface area contributed by atoms with Crippen LogP contribution in [-0.2, 0) is 11.3 Å². The molecule has 3 aliphatic rings. The zero-order chi connectivity index (χ0) is 22.9. The molecule has 6 rings (SSSR count). The van der Waals surface area contributed by atoms with Crippen molar-refractivity contribution in [1.29, 1.82) is 0 Å². The molecule has 2 N–H and O–H groups in total. The molecular formula is C24H25N7O2S. The van der Waals surface area contributed by atoms with Crippen LogP contribution in [0.15, 0.2) is 47.6 Å². The Balaban J connectivity index is 1.01. The van der Waals surface area contributed by atoms with Crippen molar-refractivity contribution in [3.05, 3.63) is 59.0 Å². The molecule has 3 aliphatic heterocycles. The Morgan fingerprint density at radius 3 is 2.97 bits per heavy atom. The highest BCUT2D eigenvalue weighted by atomic mass is 32.2. The zero-order valence-electron chi connectivity index (χ0n) is 18.6. The Kier molecular flexibility index (Phi) is 5.86. The number of hydrogen-bond acceptors (Lipinski definition) is 9. The normalized spacial score (nSPS) is 23.7. The summed E-state index contributed by atoms with van der Waals surface area (Å²) < 4.78 is 5.48. The molecular weight excluding hydrogens is 450 g/mol. The van der Waals surface area contributed by atoms with Gasteiger partial charge in [-0.3, -0.25) is 4.79 Å². The van der Waals surface area contributed by atoms with Crippen LogP contribution in [0.3, 0.4) is 0 Å². The van der Waals surface area contributed by atoms with Crippen molar-refractivity contribution in [1.82, 2.24) is 30.6 Å². The summed E-state index contributed by atoms with van der Waals surface area (Å²) in [5.41, 5.74) is 2.61. The fourth-order valence-electron chi connectivity index (χ4n) is 4.43. The Hall–Kier alpha value is -3.08. The molecule has 2 atom stereocenters. The number of pyridine rings is 2. The van der Waals surface area contributed by atoms with E-state index in [4.69, 9.17) is 9.72 Å². The molecule has 3 aromatic rings. The largest absolute Gasteiger partial charge is 0.342 e. The monoisotopic (exact) mass is 475 g/mol. The summed E-state index contributed by atoms with van der Waals surface area (Å²) in [5, 5.41) is 7.32. The van der Waals surface area contributed by atoms with Crippen LogP contribution in [0.5, 0.6) is 0 Å². The molecule has 0 spiro atoms. The molecule has 1 amide bonds. The number of carbonyl (C=O) groups excluding carboxylic acids is 1. The van der Waals surface area contributed by atoms with Crippen LogP contribution in [-0.4, -0.2) is 57.1 Å². The summed E-state index contributed by atoms with van der Waals surface area (Å²) in [6.45, 7) is 3.56. The van der Waals surface area contributed by atoms with Gasteiger partial charge in [0, 0.05) is 42.3 Å². The average Bonchev–Trinajstić information content (AvgIpc) is 3.64. The second-order valence-corrected chi connectivity index (χ2v) is 9.80. The number of anilines is 1. The van der Waals surface area contributed by atoms with E-state index in [2.05, 4.69) is 42.6 Å². The molecule has 0 aromatic carbocycles. The Labute approximate surface area is 201 Å². The fourth-order valence-corrected chi connectivity index (χ4v) is 5.30. The maximum absolute atomic E-state index is 11.7. The molecule has 0 radical (unpaired) electrons. The summed E-state index contributed by atoms with van der Waals surface area (Å²) in [4.78, 5) is 33.1. The van der Waals surface area contributed by atoms with E-state index in [1.807, 2.05) is 24.3 Å². The van der Waals surface area contributed by atoms with Crippen molar-refractivity contribution >= 4 is 40.1 Å². The first-order valence-corrected chi connectivity index (χ1v) is 12.4. The van der Waals surface area contributed by atoms with Gasteiger partial charge in [0.05, 0.1) is 11.4 Å². The Morgan fingerprint density at radius 2 is 2.06 bits per heavy atom. The fraction of sp³-hybridized carbons (Fsp3) is 0.375. The highest BCUT2D eigenvalue weighted by Gasteiger charge is 2.48. The first-order valence-electron chi connectivity index (χ1n) is 11.6. The van der Waals surface area contributed by atoms with Crippen LogP contribution >= 0.6 is 11.8 Å². The molecule has 34 heavy (non-hydrogen) atoms. The van der Waals surface area contributed by atoms with Gasteiger partial charge in [-0.15, -0.1) is 0 Å². The van der Waals surface area contributed by atoms with Crippen molar-refractivity contribution < 1.29 is 9.53 Å². The van der Waals surface area contributed by atoms with Crippen LogP contribution < -0.4 is 15.5 Å². The molecule has 0 aliphatic carbocycles. The summed E-state index contributed by atoms with van der Waals surface area (Å²) in [6.07, 6.45) is 7.46. The second kappa shape index (κ2) is 9.28. The smallest absolute Gasteiger partial charge is 0.285 e. The molecule has 3 saturated heterocycles. The van der Waals surface area contributed by atoms with Crippen molar-refractivity contribution in [2.24, 2.45) is 5.92 Å². The molecule has 0 bridgehead atoms. The lowest BCUT2D eigenvalue weighted by molar-refractivity contribution is 0.255. The number of thioether (sulfide) groups is 1. The van der Waals surface area contributed by atoms with Crippen molar-refractivity contribution in [3.63, 3.8) is 0 Å². The first-order chi connectivity index (χ1) is 16.7. The Morgan fingerprint density at radius 1 is 1.15 bits per heavy atom. The first kappa shape index (κ1) is 21.5. The van der Waals surface area contributed by atoms with Crippen molar-refractivity contribution in [2.75, 3.05) is 24.5 Å². The predicted molar refractivity (Wildman–Crippen MR) is 131 cm³/mol. The highest BCUT2D eigenvalue weighted by Crippen LogP contribution is 2.40. The minimum absolute atomic E-state index is 0.0366. The lowest BCUT2D eigenvalue weighted by Gasteiger charge is -2.32. The van der Waals surface area contributed by atoms with E-state index >= 15 is 0 Å². The van der Waals surface area contributed by atoms with Gasteiger partial charge in [0.15, 0.2) is 11.9 Å². The predicted octanol–water partition coefficient (Wildman–Crippen LogP) is 2.95. The van der Waals surface area contributed by atoms with E-state index in [1.54, 1.807) is 12.4 Å². The van der Waals surface area contributed by atoms with Crippen molar-refractivity contribution in [3.8, 4) is 0 Å². The highest BCUT2D eigenvalue weighted by molar-refractivity contribution is 8.17. The van der Waals surface area contributed by atoms with Crippen LogP contribution in [0.1, 0.15) is 24.2 Å². The van der Waals surface area contributed by atoms with Crippen LogP contribution in [0.25, 0.3) is 17.1 Å².